The van der Waals surface area contributed by atoms with Crippen molar-refractivity contribution in [1.29, 1.82) is 0 Å². The quantitative estimate of drug-likeness (QED) is 0.910. The first kappa shape index (κ1) is 14.6. The van der Waals surface area contributed by atoms with Gasteiger partial charge in [0.15, 0.2) is 0 Å². The molecule has 0 saturated carbocycles. The highest BCUT2D eigenvalue weighted by atomic mass is 79.9. The molecule has 1 aromatic heterocycles. The van der Waals surface area contributed by atoms with Crippen molar-refractivity contribution >= 4 is 27.5 Å². The average molecular weight is 343 g/mol. The van der Waals surface area contributed by atoms with Crippen LogP contribution in [-0.4, -0.2) is 9.78 Å². The van der Waals surface area contributed by atoms with Crippen LogP contribution in [0.3, 0.4) is 0 Å². The molecule has 19 heavy (non-hydrogen) atoms. The number of hydrogen-bond donors (Lipinski definition) is 1. The van der Waals surface area contributed by atoms with Gasteiger partial charge in [-0.2, -0.15) is 5.10 Å². The number of rotatable bonds is 4. The molecular formula is C14H17BrClN3. The molecule has 1 unspecified atom stereocenters. The Morgan fingerprint density at radius 1 is 1.47 bits per heavy atom. The van der Waals surface area contributed by atoms with E-state index in [1.54, 1.807) is 0 Å². The molecule has 0 aliphatic heterocycles. The number of aryl methyl sites for hydroxylation is 1. The zero-order valence-corrected chi connectivity index (χ0v) is 13.6. The van der Waals surface area contributed by atoms with Gasteiger partial charge < -0.3 is 5.32 Å². The molecule has 1 heterocycles. The van der Waals surface area contributed by atoms with Crippen LogP contribution in [0.15, 0.2) is 28.9 Å². The lowest BCUT2D eigenvalue weighted by molar-refractivity contribution is 0.570. The van der Waals surface area contributed by atoms with E-state index in [2.05, 4.69) is 40.2 Å². The second-order valence-electron chi connectivity index (χ2n) is 4.66. The zero-order valence-electron chi connectivity index (χ0n) is 11.2. The third kappa shape index (κ3) is 3.38. The maximum atomic E-state index is 5.98. The van der Waals surface area contributed by atoms with Crippen molar-refractivity contribution in [3.8, 4) is 0 Å². The van der Waals surface area contributed by atoms with Gasteiger partial charge in [-0.25, -0.2) is 0 Å². The normalized spacial score (nSPS) is 12.7. The molecule has 0 radical (unpaired) electrons. The number of nitrogens with zero attached hydrogens (tertiary/aromatic N) is 2. The van der Waals surface area contributed by atoms with Gasteiger partial charge >= 0.3 is 0 Å². The first-order valence-electron chi connectivity index (χ1n) is 6.15. The van der Waals surface area contributed by atoms with Gasteiger partial charge in [0.05, 0.1) is 11.2 Å². The van der Waals surface area contributed by atoms with E-state index in [4.69, 9.17) is 11.6 Å². The summed E-state index contributed by atoms with van der Waals surface area (Å²) < 4.78 is 2.82. The molecule has 1 atom stereocenters. The molecule has 0 amide bonds. The Morgan fingerprint density at radius 3 is 2.79 bits per heavy atom. The summed E-state index contributed by atoms with van der Waals surface area (Å²) in [7, 11) is 1.96. The summed E-state index contributed by atoms with van der Waals surface area (Å²) in [6.45, 7) is 5.03. The van der Waals surface area contributed by atoms with Crippen molar-refractivity contribution in [3.05, 3.63) is 50.7 Å². The van der Waals surface area contributed by atoms with Crippen molar-refractivity contribution in [3.63, 3.8) is 0 Å². The second-order valence-corrected chi connectivity index (χ2v) is 5.92. The van der Waals surface area contributed by atoms with E-state index >= 15 is 0 Å². The minimum absolute atomic E-state index is 0.267. The van der Waals surface area contributed by atoms with Gasteiger partial charge in [0.1, 0.15) is 0 Å². The molecule has 0 saturated heterocycles. The van der Waals surface area contributed by atoms with Crippen LogP contribution in [0, 0.1) is 6.92 Å². The Bertz CT molecular complexity index is 580. The molecule has 5 heteroatoms. The lowest BCUT2D eigenvalue weighted by Crippen LogP contribution is -2.18. The van der Waals surface area contributed by atoms with Crippen molar-refractivity contribution < 1.29 is 0 Å². The van der Waals surface area contributed by atoms with E-state index in [0.29, 0.717) is 0 Å². The molecule has 0 aliphatic carbocycles. The zero-order chi connectivity index (χ0) is 14.0. The van der Waals surface area contributed by atoms with Crippen LogP contribution >= 0.6 is 27.5 Å². The lowest BCUT2D eigenvalue weighted by atomic mass is 10.1. The van der Waals surface area contributed by atoms with Crippen LogP contribution in [0.4, 0.5) is 0 Å². The van der Waals surface area contributed by atoms with Gasteiger partial charge in [-0.15, -0.1) is 0 Å². The third-order valence-electron chi connectivity index (χ3n) is 3.34. The first-order chi connectivity index (χ1) is 8.99. The SMILES string of the molecule is Cc1c(C(C)NCc2ccc(Cl)c(Br)c2)cnn1C. The molecule has 0 aliphatic rings. The van der Waals surface area contributed by atoms with Gasteiger partial charge in [-0.3, -0.25) is 4.68 Å². The predicted molar refractivity (Wildman–Crippen MR) is 82.4 cm³/mol. The van der Waals surface area contributed by atoms with E-state index in [1.165, 1.54) is 16.8 Å². The molecule has 1 N–H and O–H groups in total. The summed E-state index contributed by atoms with van der Waals surface area (Å²) in [5.41, 5.74) is 3.62. The number of benzene rings is 1. The van der Waals surface area contributed by atoms with Gasteiger partial charge in [0, 0.05) is 35.4 Å². The van der Waals surface area contributed by atoms with Crippen LogP contribution in [-0.2, 0) is 13.6 Å². The van der Waals surface area contributed by atoms with Crippen molar-refractivity contribution in [2.45, 2.75) is 26.4 Å². The van der Waals surface area contributed by atoms with E-state index in [0.717, 1.165) is 16.0 Å². The summed E-state index contributed by atoms with van der Waals surface area (Å²) in [6.07, 6.45) is 1.92. The predicted octanol–water partition coefficient (Wildman–Crippen LogP) is 4.00. The highest BCUT2D eigenvalue weighted by Gasteiger charge is 2.11. The van der Waals surface area contributed by atoms with Crippen molar-refractivity contribution in [2.24, 2.45) is 7.05 Å². The van der Waals surface area contributed by atoms with E-state index in [-0.39, 0.29) is 6.04 Å². The van der Waals surface area contributed by atoms with Gasteiger partial charge in [-0.05, 0) is 47.5 Å². The molecule has 3 nitrogen and oxygen atoms in total. The van der Waals surface area contributed by atoms with E-state index in [1.807, 2.05) is 36.1 Å². The number of aromatic nitrogens is 2. The fraction of sp³-hybridized carbons (Fsp3) is 0.357. The minimum atomic E-state index is 0.267. The molecule has 2 rings (SSSR count). The van der Waals surface area contributed by atoms with Gasteiger partial charge in [0.25, 0.3) is 0 Å². The molecule has 102 valence electrons. The Hall–Kier alpha value is -0.840. The van der Waals surface area contributed by atoms with Crippen LogP contribution in [0.1, 0.15) is 29.8 Å². The van der Waals surface area contributed by atoms with Gasteiger partial charge in [-0.1, -0.05) is 17.7 Å². The minimum Gasteiger partial charge on any atom is -0.306 e. The third-order valence-corrected chi connectivity index (χ3v) is 4.55. The summed E-state index contributed by atoms with van der Waals surface area (Å²) in [4.78, 5) is 0. The van der Waals surface area contributed by atoms with E-state index in [9.17, 15) is 0 Å². The van der Waals surface area contributed by atoms with Crippen LogP contribution < -0.4 is 5.32 Å². The van der Waals surface area contributed by atoms with Crippen LogP contribution in [0.25, 0.3) is 0 Å². The summed E-state index contributed by atoms with van der Waals surface area (Å²) in [5, 5.41) is 8.50. The second kappa shape index (κ2) is 6.07. The van der Waals surface area contributed by atoms with E-state index < -0.39 is 0 Å². The highest BCUT2D eigenvalue weighted by Crippen LogP contribution is 2.23. The smallest absolute Gasteiger partial charge is 0.0548 e. The van der Waals surface area contributed by atoms with Gasteiger partial charge in [0.2, 0.25) is 0 Å². The topological polar surface area (TPSA) is 29.9 Å². The Morgan fingerprint density at radius 2 is 2.21 bits per heavy atom. The average Bonchev–Trinajstić information content (AvgIpc) is 2.71. The standard InChI is InChI=1S/C14H17BrClN3/c1-9(12-8-18-19(3)10(12)2)17-7-11-4-5-14(16)13(15)6-11/h4-6,8-9,17H,7H2,1-3H3. The Balaban J connectivity index is 2.02. The molecule has 0 fully saturated rings. The fourth-order valence-corrected chi connectivity index (χ4v) is 2.52. The molecular weight excluding hydrogens is 326 g/mol. The number of hydrogen-bond acceptors (Lipinski definition) is 2. The summed E-state index contributed by atoms with van der Waals surface area (Å²) >= 11 is 9.42. The highest BCUT2D eigenvalue weighted by molar-refractivity contribution is 9.10. The Kier molecular flexibility index (Phi) is 4.66. The molecule has 2 aromatic rings. The van der Waals surface area contributed by atoms with Crippen LogP contribution in [0.2, 0.25) is 5.02 Å². The maximum absolute atomic E-state index is 5.98. The summed E-state index contributed by atoms with van der Waals surface area (Å²) in [5.74, 6) is 0. The maximum Gasteiger partial charge on any atom is 0.0548 e. The van der Waals surface area contributed by atoms with Crippen molar-refractivity contribution in [1.82, 2.24) is 15.1 Å². The lowest BCUT2D eigenvalue weighted by Gasteiger charge is -2.14. The first-order valence-corrected chi connectivity index (χ1v) is 7.32. The fourth-order valence-electron chi connectivity index (χ4n) is 1.97. The van der Waals surface area contributed by atoms with Crippen molar-refractivity contribution in [2.75, 3.05) is 0 Å². The monoisotopic (exact) mass is 341 g/mol. The molecule has 1 aromatic carbocycles. The largest absolute Gasteiger partial charge is 0.306 e. The van der Waals surface area contributed by atoms with Crippen LogP contribution in [0.5, 0.6) is 0 Å². The molecule has 0 spiro atoms. The molecule has 0 bridgehead atoms. The number of halogens is 2. The number of nitrogens with one attached hydrogen (secondary N) is 1. The summed E-state index contributed by atoms with van der Waals surface area (Å²) in [6, 6.07) is 6.24. The Labute approximate surface area is 127 Å².